The highest BCUT2D eigenvalue weighted by Gasteiger charge is 2.31. The van der Waals surface area contributed by atoms with E-state index in [2.05, 4.69) is 34.6 Å². The van der Waals surface area contributed by atoms with Gasteiger partial charge in [0.25, 0.3) is 5.91 Å². The minimum absolute atomic E-state index is 0.116. The fraction of sp³-hybridized carbons (Fsp3) is 0.182. The summed E-state index contributed by atoms with van der Waals surface area (Å²) in [5, 5.41) is 0. The van der Waals surface area contributed by atoms with Crippen molar-refractivity contribution in [2.24, 2.45) is 0 Å². The number of carbonyl (C=O) groups is 1. The molecule has 1 aliphatic rings. The monoisotopic (exact) mass is 489 g/mol. The topological polar surface area (TPSA) is 38.8 Å². The summed E-state index contributed by atoms with van der Waals surface area (Å²) in [5.41, 5.74) is 3.09. The summed E-state index contributed by atoms with van der Waals surface area (Å²) in [6.45, 7) is 6.55. The lowest BCUT2D eigenvalue weighted by Gasteiger charge is -2.14. The van der Waals surface area contributed by atoms with Gasteiger partial charge in [-0.2, -0.15) is 0 Å². The minimum Gasteiger partial charge on any atom is -0.493 e. The molecule has 150 valence electrons. The number of benzene rings is 2. The van der Waals surface area contributed by atoms with E-state index >= 15 is 0 Å². The number of hydrogen-bond donors (Lipinski definition) is 0. The Bertz CT molecular complexity index is 986. The smallest absolute Gasteiger partial charge is 0.266 e. The number of rotatable bonds is 7. The average Bonchev–Trinajstić information content (AvgIpc) is 2.96. The molecule has 0 radical (unpaired) electrons. The van der Waals surface area contributed by atoms with Crippen molar-refractivity contribution in [2.45, 2.75) is 13.5 Å². The minimum atomic E-state index is -0.116. The molecule has 0 atom stereocenters. The molecule has 2 aromatic carbocycles. The van der Waals surface area contributed by atoms with E-state index in [1.54, 1.807) is 19.3 Å². The van der Waals surface area contributed by atoms with Gasteiger partial charge in [-0.05, 0) is 52.2 Å². The first-order valence-corrected chi connectivity index (χ1v) is 10.9. The maximum absolute atomic E-state index is 12.5. The second-order valence-electron chi connectivity index (χ2n) is 6.39. The molecule has 3 rings (SSSR count). The van der Waals surface area contributed by atoms with Crippen LogP contribution in [0.25, 0.3) is 6.08 Å². The first kappa shape index (κ1) is 21.6. The lowest BCUT2D eigenvalue weighted by atomic mass is 10.1. The SMILES string of the molecule is C=CCN1C(=O)C(=Cc2cc(Br)c(OCc3ccc(C)cc3)c(OC)c2)SC1=S. The standard InChI is InChI=1S/C22H20BrNO3S2/c1-4-9-24-21(25)19(29-22(24)28)12-16-10-17(23)20(18(11-16)26-3)27-13-15-7-5-14(2)6-8-15/h4-8,10-12H,1,9,13H2,2-3H3. The largest absolute Gasteiger partial charge is 0.493 e. The van der Waals surface area contributed by atoms with E-state index in [4.69, 9.17) is 21.7 Å². The molecule has 0 N–H and O–H groups in total. The van der Waals surface area contributed by atoms with Crippen LogP contribution < -0.4 is 9.47 Å². The Labute approximate surface area is 188 Å². The number of hydrogen-bond acceptors (Lipinski definition) is 5. The number of ether oxygens (including phenoxy) is 2. The maximum atomic E-state index is 12.5. The molecule has 0 unspecified atom stereocenters. The molecule has 1 aliphatic heterocycles. The molecule has 4 nitrogen and oxygen atoms in total. The molecule has 0 aromatic heterocycles. The van der Waals surface area contributed by atoms with Gasteiger partial charge in [0.15, 0.2) is 11.5 Å². The molecule has 1 fully saturated rings. The van der Waals surface area contributed by atoms with Crippen LogP contribution in [0.3, 0.4) is 0 Å². The van der Waals surface area contributed by atoms with Crippen molar-refractivity contribution >= 4 is 56.2 Å². The van der Waals surface area contributed by atoms with E-state index in [-0.39, 0.29) is 5.91 Å². The molecule has 0 bridgehead atoms. The van der Waals surface area contributed by atoms with E-state index in [1.165, 1.54) is 22.2 Å². The Balaban J connectivity index is 1.83. The number of nitrogens with zero attached hydrogens (tertiary/aromatic N) is 1. The van der Waals surface area contributed by atoms with Crippen LogP contribution in [0.5, 0.6) is 11.5 Å². The van der Waals surface area contributed by atoms with Gasteiger partial charge in [-0.25, -0.2) is 0 Å². The van der Waals surface area contributed by atoms with Crippen molar-refractivity contribution in [1.29, 1.82) is 0 Å². The van der Waals surface area contributed by atoms with E-state index in [0.717, 1.165) is 15.6 Å². The summed E-state index contributed by atoms with van der Waals surface area (Å²) in [6, 6.07) is 11.9. The quantitative estimate of drug-likeness (QED) is 0.282. The van der Waals surface area contributed by atoms with Crippen LogP contribution >= 0.6 is 39.9 Å². The lowest BCUT2D eigenvalue weighted by molar-refractivity contribution is -0.121. The summed E-state index contributed by atoms with van der Waals surface area (Å²) >= 11 is 10.1. The summed E-state index contributed by atoms with van der Waals surface area (Å²) < 4.78 is 12.8. The molecule has 2 aromatic rings. The third-order valence-electron chi connectivity index (χ3n) is 4.24. The Morgan fingerprint density at radius 1 is 1.28 bits per heavy atom. The highest BCUT2D eigenvalue weighted by molar-refractivity contribution is 9.10. The molecule has 1 saturated heterocycles. The van der Waals surface area contributed by atoms with Gasteiger partial charge < -0.3 is 9.47 Å². The third-order valence-corrected chi connectivity index (χ3v) is 6.21. The number of thioether (sulfide) groups is 1. The van der Waals surface area contributed by atoms with Crippen molar-refractivity contribution < 1.29 is 14.3 Å². The van der Waals surface area contributed by atoms with E-state index in [0.29, 0.717) is 33.9 Å². The second kappa shape index (κ2) is 9.61. The van der Waals surface area contributed by atoms with Crippen molar-refractivity contribution in [3.8, 4) is 11.5 Å². The van der Waals surface area contributed by atoms with Crippen LogP contribution in [-0.4, -0.2) is 28.8 Å². The highest BCUT2D eigenvalue weighted by Crippen LogP contribution is 2.39. The summed E-state index contributed by atoms with van der Waals surface area (Å²) in [5.74, 6) is 1.08. The van der Waals surface area contributed by atoms with Gasteiger partial charge >= 0.3 is 0 Å². The molecular weight excluding hydrogens is 470 g/mol. The Kier molecular flexibility index (Phi) is 7.16. The van der Waals surface area contributed by atoms with Gasteiger partial charge in [-0.15, -0.1) is 6.58 Å². The van der Waals surface area contributed by atoms with Crippen molar-refractivity contribution in [3.63, 3.8) is 0 Å². The molecule has 1 heterocycles. The highest BCUT2D eigenvalue weighted by atomic mass is 79.9. The molecule has 1 amide bonds. The van der Waals surface area contributed by atoms with E-state index in [1.807, 2.05) is 31.2 Å². The van der Waals surface area contributed by atoms with Crippen LogP contribution in [0, 0.1) is 6.92 Å². The third kappa shape index (κ3) is 5.10. The number of halogens is 1. The van der Waals surface area contributed by atoms with Gasteiger partial charge in [-0.1, -0.05) is 59.9 Å². The van der Waals surface area contributed by atoms with Crippen LogP contribution in [0.15, 0.2) is 58.4 Å². The number of methoxy groups -OCH3 is 1. The number of carbonyl (C=O) groups excluding carboxylic acids is 1. The van der Waals surface area contributed by atoms with Crippen molar-refractivity contribution in [2.75, 3.05) is 13.7 Å². The first-order chi connectivity index (χ1) is 13.9. The van der Waals surface area contributed by atoms with Gasteiger partial charge in [0, 0.05) is 6.54 Å². The zero-order chi connectivity index (χ0) is 21.0. The van der Waals surface area contributed by atoms with E-state index in [9.17, 15) is 4.79 Å². The van der Waals surface area contributed by atoms with Gasteiger partial charge in [0.2, 0.25) is 0 Å². The molecule has 29 heavy (non-hydrogen) atoms. The maximum Gasteiger partial charge on any atom is 0.266 e. The van der Waals surface area contributed by atoms with Crippen LogP contribution in [0.1, 0.15) is 16.7 Å². The number of thiocarbonyl (C=S) groups is 1. The van der Waals surface area contributed by atoms with Crippen LogP contribution in [0.4, 0.5) is 0 Å². The van der Waals surface area contributed by atoms with Gasteiger partial charge in [-0.3, -0.25) is 9.69 Å². The summed E-state index contributed by atoms with van der Waals surface area (Å²) in [6.07, 6.45) is 3.47. The molecule has 0 saturated carbocycles. The first-order valence-electron chi connectivity index (χ1n) is 8.85. The molecule has 7 heteroatoms. The van der Waals surface area contributed by atoms with Crippen LogP contribution in [0.2, 0.25) is 0 Å². The zero-order valence-electron chi connectivity index (χ0n) is 16.1. The number of aryl methyl sites for hydroxylation is 1. The van der Waals surface area contributed by atoms with Crippen molar-refractivity contribution in [3.05, 3.63) is 75.1 Å². The molecular formula is C22H20BrNO3S2. The van der Waals surface area contributed by atoms with Crippen LogP contribution in [-0.2, 0) is 11.4 Å². The predicted molar refractivity (Wildman–Crippen MR) is 126 cm³/mol. The average molecular weight is 490 g/mol. The van der Waals surface area contributed by atoms with Gasteiger partial charge in [0.1, 0.15) is 10.9 Å². The van der Waals surface area contributed by atoms with Crippen molar-refractivity contribution in [1.82, 2.24) is 4.90 Å². The molecule has 0 aliphatic carbocycles. The summed E-state index contributed by atoms with van der Waals surface area (Å²) in [4.78, 5) is 14.6. The number of amides is 1. The Hall–Kier alpha value is -2.09. The van der Waals surface area contributed by atoms with E-state index < -0.39 is 0 Å². The predicted octanol–water partition coefficient (Wildman–Crippen LogP) is 5.73. The zero-order valence-corrected chi connectivity index (χ0v) is 19.3. The fourth-order valence-electron chi connectivity index (χ4n) is 2.74. The fourth-order valence-corrected chi connectivity index (χ4v) is 4.59. The lowest BCUT2D eigenvalue weighted by Crippen LogP contribution is -2.27. The normalized spacial score (nSPS) is 15.1. The second-order valence-corrected chi connectivity index (χ2v) is 8.92. The molecule has 0 spiro atoms. The summed E-state index contributed by atoms with van der Waals surface area (Å²) in [7, 11) is 1.59. The van der Waals surface area contributed by atoms with Gasteiger partial charge in [0.05, 0.1) is 16.5 Å². The Morgan fingerprint density at radius 2 is 2.00 bits per heavy atom. The Morgan fingerprint density at radius 3 is 2.66 bits per heavy atom.